The summed E-state index contributed by atoms with van der Waals surface area (Å²) in [7, 11) is 1.69. The lowest BCUT2D eigenvalue weighted by molar-refractivity contribution is 0.143. The standard InChI is InChI=1S/C16H25N3O2/c1-12(10-17-16(21)18(3)11-13(2)20)19-9-8-14-6-4-5-7-15(14)19/h4-7,12-13,20H,8-11H2,1-3H3,(H,17,21). The zero-order valence-electron chi connectivity index (χ0n) is 13.0. The number of hydrogen-bond acceptors (Lipinski definition) is 3. The Kier molecular flexibility index (Phi) is 5.07. The number of nitrogens with one attached hydrogen (secondary N) is 1. The zero-order chi connectivity index (χ0) is 15.4. The Hall–Kier alpha value is -1.75. The molecule has 0 aromatic heterocycles. The molecule has 5 heteroatoms. The summed E-state index contributed by atoms with van der Waals surface area (Å²) in [5.74, 6) is 0. The van der Waals surface area contributed by atoms with Gasteiger partial charge >= 0.3 is 6.03 Å². The molecule has 0 saturated heterocycles. The van der Waals surface area contributed by atoms with Crippen LogP contribution in [0, 0.1) is 0 Å². The van der Waals surface area contributed by atoms with Gasteiger partial charge in [-0.25, -0.2) is 4.79 Å². The third-order valence-electron chi connectivity index (χ3n) is 3.89. The van der Waals surface area contributed by atoms with Gasteiger partial charge in [-0.05, 0) is 31.9 Å². The second-order valence-corrected chi connectivity index (χ2v) is 5.84. The van der Waals surface area contributed by atoms with E-state index in [-0.39, 0.29) is 12.1 Å². The summed E-state index contributed by atoms with van der Waals surface area (Å²) in [6.45, 7) is 5.73. The average molecular weight is 291 g/mol. The number of benzene rings is 1. The van der Waals surface area contributed by atoms with E-state index in [0.717, 1.165) is 13.0 Å². The number of likely N-dealkylation sites (N-methyl/N-ethyl adjacent to an activating group) is 1. The van der Waals surface area contributed by atoms with E-state index in [1.807, 2.05) is 0 Å². The van der Waals surface area contributed by atoms with Crippen molar-refractivity contribution in [2.45, 2.75) is 32.4 Å². The monoisotopic (exact) mass is 291 g/mol. The van der Waals surface area contributed by atoms with Crippen LogP contribution in [0.1, 0.15) is 19.4 Å². The Bertz CT molecular complexity index is 490. The lowest BCUT2D eigenvalue weighted by Gasteiger charge is -2.28. The first-order chi connectivity index (χ1) is 9.99. The molecule has 0 radical (unpaired) electrons. The highest BCUT2D eigenvalue weighted by molar-refractivity contribution is 5.74. The van der Waals surface area contributed by atoms with Gasteiger partial charge in [0, 0.05) is 38.4 Å². The van der Waals surface area contributed by atoms with Crippen LogP contribution in [0.15, 0.2) is 24.3 Å². The number of para-hydroxylation sites is 1. The van der Waals surface area contributed by atoms with E-state index < -0.39 is 6.10 Å². The van der Waals surface area contributed by atoms with Crippen molar-refractivity contribution >= 4 is 11.7 Å². The molecule has 21 heavy (non-hydrogen) atoms. The molecule has 0 spiro atoms. The van der Waals surface area contributed by atoms with Crippen molar-refractivity contribution in [3.05, 3.63) is 29.8 Å². The Morgan fingerprint density at radius 3 is 2.86 bits per heavy atom. The van der Waals surface area contributed by atoms with E-state index in [4.69, 9.17) is 0 Å². The minimum Gasteiger partial charge on any atom is -0.392 e. The van der Waals surface area contributed by atoms with Gasteiger partial charge < -0.3 is 20.2 Å². The lowest BCUT2D eigenvalue weighted by atomic mass is 10.2. The quantitative estimate of drug-likeness (QED) is 0.863. The van der Waals surface area contributed by atoms with Crippen molar-refractivity contribution in [1.29, 1.82) is 0 Å². The smallest absolute Gasteiger partial charge is 0.317 e. The number of amides is 2. The zero-order valence-corrected chi connectivity index (χ0v) is 13.0. The largest absolute Gasteiger partial charge is 0.392 e. The van der Waals surface area contributed by atoms with Gasteiger partial charge in [-0.1, -0.05) is 18.2 Å². The molecule has 0 saturated carbocycles. The van der Waals surface area contributed by atoms with Gasteiger partial charge in [0.05, 0.1) is 6.10 Å². The average Bonchev–Trinajstić information content (AvgIpc) is 2.87. The second kappa shape index (κ2) is 6.80. The Balaban J connectivity index is 1.86. The van der Waals surface area contributed by atoms with Crippen LogP contribution < -0.4 is 10.2 Å². The van der Waals surface area contributed by atoms with Gasteiger partial charge in [-0.15, -0.1) is 0 Å². The fourth-order valence-corrected chi connectivity index (χ4v) is 2.78. The maximum atomic E-state index is 11.9. The molecular weight excluding hydrogens is 266 g/mol. The fraction of sp³-hybridized carbons (Fsp3) is 0.562. The van der Waals surface area contributed by atoms with Crippen LogP contribution in [0.5, 0.6) is 0 Å². The first kappa shape index (κ1) is 15.6. The van der Waals surface area contributed by atoms with Crippen LogP contribution in [0.2, 0.25) is 0 Å². The summed E-state index contributed by atoms with van der Waals surface area (Å²) in [6, 6.07) is 8.53. The number of carbonyl (C=O) groups is 1. The first-order valence-corrected chi connectivity index (χ1v) is 7.50. The van der Waals surface area contributed by atoms with E-state index >= 15 is 0 Å². The van der Waals surface area contributed by atoms with Crippen molar-refractivity contribution in [3.8, 4) is 0 Å². The lowest BCUT2D eigenvalue weighted by Crippen LogP contribution is -2.46. The molecule has 1 heterocycles. The van der Waals surface area contributed by atoms with Crippen LogP contribution >= 0.6 is 0 Å². The number of aliphatic hydroxyl groups is 1. The van der Waals surface area contributed by atoms with E-state index in [1.165, 1.54) is 16.2 Å². The highest BCUT2D eigenvalue weighted by atomic mass is 16.3. The van der Waals surface area contributed by atoms with Gasteiger partial charge in [0.25, 0.3) is 0 Å². The molecule has 1 aliphatic heterocycles. The molecule has 5 nitrogen and oxygen atoms in total. The molecule has 2 N–H and O–H groups in total. The number of nitrogens with zero attached hydrogens (tertiary/aromatic N) is 2. The Morgan fingerprint density at radius 1 is 1.43 bits per heavy atom. The van der Waals surface area contributed by atoms with E-state index in [9.17, 15) is 9.90 Å². The molecule has 0 bridgehead atoms. The molecule has 0 aliphatic carbocycles. The third kappa shape index (κ3) is 3.88. The number of fused-ring (bicyclic) bond motifs is 1. The predicted molar refractivity (Wildman–Crippen MR) is 84.7 cm³/mol. The molecule has 0 fully saturated rings. The number of rotatable bonds is 5. The fourth-order valence-electron chi connectivity index (χ4n) is 2.78. The molecule has 1 aliphatic rings. The molecule has 2 amide bonds. The molecule has 2 unspecified atom stereocenters. The molecule has 1 aromatic rings. The van der Waals surface area contributed by atoms with Crippen LogP contribution in [0.3, 0.4) is 0 Å². The van der Waals surface area contributed by atoms with Gasteiger partial charge in [-0.2, -0.15) is 0 Å². The SMILES string of the molecule is CC(O)CN(C)C(=O)NCC(C)N1CCc2ccccc21. The molecule has 2 atom stereocenters. The van der Waals surface area contributed by atoms with Crippen molar-refractivity contribution < 1.29 is 9.90 Å². The second-order valence-electron chi connectivity index (χ2n) is 5.84. The topological polar surface area (TPSA) is 55.8 Å². The predicted octanol–water partition coefficient (Wildman–Crippen LogP) is 1.46. The Morgan fingerprint density at radius 2 is 2.14 bits per heavy atom. The summed E-state index contributed by atoms with van der Waals surface area (Å²) in [5, 5.41) is 12.2. The van der Waals surface area contributed by atoms with Crippen LogP contribution in [0.4, 0.5) is 10.5 Å². The summed E-state index contributed by atoms with van der Waals surface area (Å²) >= 11 is 0. The highest BCUT2D eigenvalue weighted by Gasteiger charge is 2.23. The van der Waals surface area contributed by atoms with Gasteiger partial charge in [-0.3, -0.25) is 0 Å². The van der Waals surface area contributed by atoms with Crippen LogP contribution in [-0.2, 0) is 6.42 Å². The molecular formula is C16H25N3O2. The molecule has 2 rings (SSSR count). The number of anilines is 1. The normalized spacial score (nSPS) is 16.3. The van der Waals surface area contributed by atoms with Crippen molar-refractivity contribution in [3.63, 3.8) is 0 Å². The third-order valence-corrected chi connectivity index (χ3v) is 3.89. The van der Waals surface area contributed by atoms with E-state index in [2.05, 4.69) is 41.4 Å². The van der Waals surface area contributed by atoms with E-state index in [0.29, 0.717) is 13.1 Å². The highest BCUT2D eigenvalue weighted by Crippen LogP contribution is 2.28. The summed E-state index contributed by atoms with van der Waals surface area (Å²) < 4.78 is 0. The number of aliphatic hydroxyl groups excluding tert-OH is 1. The van der Waals surface area contributed by atoms with Gasteiger partial charge in [0.15, 0.2) is 0 Å². The molecule has 116 valence electrons. The van der Waals surface area contributed by atoms with Crippen LogP contribution in [-0.4, -0.2) is 54.9 Å². The first-order valence-electron chi connectivity index (χ1n) is 7.50. The van der Waals surface area contributed by atoms with Gasteiger partial charge in [0.2, 0.25) is 0 Å². The maximum absolute atomic E-state index is 11.9. The maximum Gasteiger partial charge on any atom is 0.317 e. The van der Waals surface area contributed by atoms with Gasteiger partial charge in [0.1, 0.15) is 0 Å². The van der Waals surface area contributed by atoms with Crippen molar-refractivity contribution in [2.24, 2.45) is 0 Å². The van der Waals surface area contributed by atoms with Crippen molar-refractivity contribution in [1.82, 2.24) is 10.2 Å². The van der Waals surface area contributed by atoms with Crippen molar-refractivity contribution in [2.75, 3.05) is 31.6 Å². The number of hydrogen-bond donors (Lipinski definition) is 2. The number of urea groups is 1. The van der Waals surface area contributed by atoms with Crippen LogP contribution in [0.25, 0.3) is 0 Å². The minimum atomic E-state index is -0.511. The molecule has 1 aromatic carbocycles. The summed E-state index contributed by atoms with van der Waals surface area (Å²) in [5.41, 5.74) is 2.65. The summed E-state index contributed by atoms with van der Waals surface area (Å²) in [6.07, 6.45) is 0.555. The van der Waals surface area contributed by atoms with E-state index in [1.54, 1.807) is 14.0 Å². The summed E-state index contributed by atoms with van der Waals surface area (Å²) in [4.78, 5) is 15.8. The Labute approximate surface area is 126 Å². The number of carbonyl (C=O) groups excluding carboxylic acids is 1. The minimum absolute atomic E-state index is 0.143.